The summed E-state index contributed by atoms with van der Waals surface area (Å²) in [5, 5.41) is 5.64. The van der Waals surface area contributed by atoms with Crippen LogP contribution in [0.5, 0.6) is 0 Å². The van der Waals surface area contributed by atoms with Gasteiger partial charge in [-0.05, 0) is 12.0 Å². The monoisotopic (exact) mass is 275 g/mol. The van der Waals surface area contributed by atoms with E-state index in [0.29, 0.717) is 18.9 Å². The van der Waals surface area contributed by atoms with Crippen molar-refractivity contribution in [2.45, 2.75) is 24.8 Å². The van der Waals surface area contributed by atoms with Crippen LogP contribution in [0.3, 0.4) is 0 Å². The fourth-order valence-corrected chi connectivity index (χ4v) is 2.15. The molecular formula is C15H21N3O2. The van der Waals surface area contributed by atoms with Gasteiger partial charge in [0, 0.05) is 39.0 Å². The number of carbonyl (C=O) groups is 2. The second-order valence-electron chi connectivity index (χ2n) is 5.30. The number of benzene rings is 1. The predicted octanol–water partition coefficient (Wildman–Crippen LogP) is 1.32. The highest BCUT2D eigenvalue weighted by Gasteiger charge is 2.39. The zero-order valence-corrected chi connectivity index (χ0v) is 11.9. The van der Waals surface area contributed by atoms with Gasteiger partial charge in [0.1, 0.15) is 0 Å². The summed E-state index contributed by atoms with van der Waals surface area (Å²) in [6, 6.07) is 10.2. The Morgan fingerprint density at radius 2 is 1.95 bits per heavy atom. The molecule has 2 atom stereocenters. The van der Waals surface area contributed by atoms with E-state index in [0.717, 1.165) is 6.42 Å². The summed E-state index contributed by atoms with van der Waals surface area (Å²) in [5.41, 5.74) is 1.26. The van der Waals surface area contributed by atoms with Crippen molar-refractivity contribution in [1.82, 2.24) is 15.5 Å². The van der Waals surface area contributed by atoms with Gasteiger partial charge in [-0.15, -0.1) is 0 Å². The molecule has 0 aromatic heterocycles. The average molecular weight is 275 g/mol. The van der Waals surface area contributed by atoms with E-state index in [1.807, 2.05) is 18.2 Å². The summed E-state index contributed by atoms with van der Waals surface area (Å²) in [6.07, 6.45) is 1.31. The molecule has 1 saturated carbocycles. The normalized spacial score (nSPS) is 20.1. The smallest absolute Gasteiger partial charge is 0.315 e. The van der Waals surface area contributed by atoms with Crippen molar-refractivity contribution in [3.8, 4) is 0 Å². The number of amides is 3. The van der Waals surface area contributed by atoms with Crippen molar-refractivity contribution in [2.75, 3.05) is 20.6 Å². The summed E-state index contributed by atoms with van der Waals surface area (Å²) in [6.45, 7) is 0.367. The number of urea groups is 1. The molecule has 108 valence electrons. The number of nitrogens with one attached hydrogen (secondary N) is 2. The Morgan fingerprint density at radius 3 is 2.60 bits per heavy atom. The largest absolute Gasteiger partial charge is 0.349 e. The number of carbonyl (C=O) groups excluding carboxylic acids is 2. The van der Waals surface area contributed by atoms with Crippen LogP contribution < -0.4 is 10.6 Å². The quantitative estimate of drug-likeness (QED) is 0.851. The van der Waals surface area contributed by atoms with Gasteiger partial charge in [0.2, 0.25) is 5.91 Å². The molecule has 1 fully saturated rings. The van der Waals surface area contributed by atoms with Crippen molar-refractivity contribution in [2.24, 2.45) is 0 Å². The van der Waals surface area contributed by atoms with E-state index in [1.165, 1.54) is 10.5 Å². The summed E-state index contributed by atoms with van der Waals surface area (Å²) in [7, 11) is 3.41. The summed E-state index contributed by atoms with van der Waals surface area (Å²) < 4.78 is 0. The molecule has 0 saturated heterocycles. The molecule has 0 unspecified atom stereocenters. The van der Waals surface area contributed by atoms with E-state index in [-0.39, 0.29) is 18.0 Å². The number of rotatable bonds is 5. The maximum Gasteiger partial charge on any atom is 0.315 e. The first-order valence-corrected chi connectivity index (χ1v) is 6.87. The SMILES string of the molecule is CN(C)C(=O)CCNC(=O)N[C@@H]1C[C@@H]1c1ccccc1. The molecule has 0 bridgehead atoms. The first kappa shape index (κ1) is 14.4. The van der Waals surface area contributed by atoms with Gasteiger partial charge in [-0.3, -0.25) is 4.79 Å². The highest BCUT2D eigenvalue weighted by molar-refractivity contribution is 5.78. The standard InChI is InChI=1S/C15H21N3O2/c1-18(2)14(19)8-9-16-15(20)17-13-10-12(13)11-6-4-3-5-7-11/h3-7,12-13H,8-10H2,1-2H3,(H2,16,17,20)/t12-,13-/m1/s1. The molecule has 2 rings (SSSR count). The van der Waals surface area contributed by atoms with Crippen molar-refractivity contribution >= 4 is 11.9 Å². The molecule has 0 heterocycles. The molecule has 0 aliphatic heterocycles. The fraction of sp³-hybridized carbons (Fsp3) is 0.467. The predicted molar refractivity (Wildman–Crippen MR) is 77.4 cm³/mol. The van der Waals surface area contributed by atoms with Crippen LogP contribution in [0.2, 0.25) is 0 Å². The Hall–Kier alpha value is -2.04. The lowest BCUT2D eigenvalue weighted by atomic mass is 10.1. The first-order valence-electron chi connectivity index (χ1n) is 6.87. The van der Waals surface area contributed by atoms with Crippen molar-refractivity contribution in [3.63, 3.8) is 0 Å². The number of hydrogen-bond acceptors (Lipinski definition) is 2. The van der Waals surface area contributed by atoms with Gasteiger partial charge in [0.05, 0.1) is 0 Å². The maximum absolute atomic E-state index is 11.7. The fourth-order valence-electron chi connectivity index (χ4n) is 2.15. The van der Waals surface area contributed by atoms with Crippen LogP contribution in [-0.4, -0.2) is 43.5 Å². The van der Waals surface area contributed by atoms with Gasteiger partial charge in [0.15, 0.2) is 0 Å². The Bertz CT molecular complexity index is 473. The second kappa shape index (κ2) is 6.41. The number of nitrogens with zero attached hydrogens (tertiary/aromatic N) is 1. The van der Waals surface area contributed by atoms with E-state index >= 15 is 0 Å². The molecule has 5 nitrogen and oxygen atoms in total. The minimum atomic E-state index is -0.194. The van der Waals surface area contributed by atoms with Gasteiger partial charge >= 0.3 is 6.03 Å². The Kier molecular flexibility index (Phi) is 4.61. The summed E-state index contributed by atoms with van der Waals surface area (Å²) in [4.78, 5) is 24.5. The average Bonchev–Trinajstić information content (AvgIpc) is 3.18. The van der Waals surface area contributed by atoms with Crippen molar-refractivity contribution < 1.29 is 9.59 Å². The highest BCUT2D eigenvalue weighted by Crippen LogP contribution is 2.40. The first-order chi connectivity index (χ1) is 9.58. The summed E-state index contributed by atoms with van der Waals surface area (Å²) in [5.74, 6) is 0.434. The lowest BCUT2D eigenvalue weighted by Crippen LogP contribution is -2.39. The van der Waals surface area contributed by atoms with E-state index in [2.05, 4.69) is 22.8 Å². The molecule has 20 heavy (non-hydrogen) atoms. The molecule has 3 amide bonds. The lowest BCUT2D eigenvalue weighted by molar-refractivity contribution is -0.128. The van der Waals surface area contributed by atoms with Crippen molar-refractivity contribution in [3.05, 3.63) is 35.9 Å². The molecule has 1 aliphatic rings. The Balaban J connectivity index is 1.66. The molecule has 5 heteroatoms. The van der Waals surface area contributed by atoms with E-state index < -0.39 is 0 Å². The second-order valence-corrected chi connectivity index (χ2v) is 5.30. The molecule has 2 N–H and O–H groups in total. The molecule has 1 aromatic carbocycles. The number of hydrogen-bond donors (Lipinski definition) is 2. The van der Waals surface area contributed by atoms with E-state index in [9.17, 15) is 9.59 Å². The van der Waals surface area contributed by atoms with Crippen LogP contribution in [0.1, 0.15) is 24.3 Å². The molecular weight excluding hydrogens is 254 g/mol. The van der Waals surface area contributed by atoms with Crippen LogP contribution in [-0.2, 0) is 4.79 Å². The Morgan fingerprint density at radius 1 is 1.25 bits per heavy atom. The highest BCUT2D eigenvalue weighted by atomic mass is 16.2. The van der Waals surface area contributed by atoms with E-state index in [4.69, 9.17) is 0 Å². The third-order valence-corrected chi connectivity index (χ3v) is 3.46. The molecule has 1 aromatic rings. The molecule has 0 radical (unpaired) electrons. The minimum Gasteiger partial charge on any atom is -0.349 e. The Labute approximate surface area is 119 Å². The van der Waals surface area contributed by atoms with Crippen LogP contribution >= 0.6 is 0 Å². The zero-order valence-electron chi connectivity index (χ0n) is 11.9. The third kappa shape index (κ3) is 3.98. The third-order valence-electron chi connectivity index (χ3n) is 3.46. The molecule has 1 aliphatic carbocycles. The zero-order chi connectivity index (χ0) is 14.5. The van der Waals surface area contributed by atoms with E-state index in [1.54, 1.807) is 14.1 Å². The van der Waals surface area contributed by atoms with Gasteiger partial charge in [-0.2, -0.15) is 0 Å². The van der Waals surface area contributed by atoms with Crippen LogP contribution in [0.4, 0.5) is 4.79 Å². The van der Waals surface area contributed by atoms with Crippen LogP contribution in [0.25, 0.3) is 0 Å². The van der Waals surface area contributed by atoms with Crippen LogP contribution in [0, 0.1) is 0 Å². The van der Waals surface area contributed by atoms with Crippen LogP contribution in [0.15, 0.2) is 30.3 Å². The van der Waals surface area contributed by atoms with Gasteiger partial charge < -0.3 is 15.5 Å². The van der Waals surface area contributed by atoms with Gasteiger partial charge in [0.25, 0.3) is 0 Å². The maximum atomic E-state index is 11.7. The minimum absolute atomic E-state index is 0.0129. The molecule has 0 spiro atoms. The topological polar surface area (TPSA) is 61.4 Å². The van der Waals surface area contributed by atoms with Gasteiger partial charge in [-0.25, -0.2) is 4.79 Å². The summed E-state index contributed by atoms with van der Waals surface area (Å²) >= 11 is 0. The van der Waals surface area contributed by atoms with Crippen molar-refractivity contribution in [1.29, 1.82) is 0 Å². The van der Waals surface area contributed by atoms with Gasteiger partial charge in [-0.1, -0.05) is 30.3 Å². The lowest BCUT2D eigenvalue weighted by Gasteiger charge is -2.11.